The summed E-state index contributed by atoms with van der Waals surface area (Å²) in [6.45, 7) is 2.52. The van der Waals surface area contributed by atoms with Crippen molar-refractivity contribution in [1.82, 2.24) is 4.98 Å². The van der Waals surface area contributed by atoms with Gasteiger partial charge in [-0.1, -0.05) is 0 Å². The van der Waals surface area contributed by atoms with Crippen LogP contribution in [0.1, 0.15) is 27.2 Å². The van der Waals surface area contributed by atoms with E-state index in [4.69, 9.17) is 4.74 Å². The minimum atomic E-state index is -4.78. The zero-order valence-electron chi connectivity index (χ0n) is 12.0. The van der Waals surface area contributed by atoms with E-state index in [1.807, 2.05) is 0 Å². The van der Waals surface area contributed by atoms with Crippen LogP contribution in [-0.2, 0) is 6.18 Å². The second-order valence-corrected chi connectivity index (χ2v) is 4.79. The van der Waals surface area contributed by atoms with E-state index < -0.39 is 34.8 Å². The number of hydrogen-bond acceptors (Lipinski definition) is 3. The molecule has 0 aliphatic carbocycles. The number of aromatic nitrogens is 1. The molecule has 0 amide bonds. The summed E-state index contributed by atoms with van der Waals surface area (Å²) in [4.78, 5) is 14.6. The Labute approximate surface area is 128 Å². The summed E-state index contributed by atoms with van der Waals surface area (Å²) < 4.78 is 56.8. The van der Waals surface area contributed by atoms with Gasteiger partial charge in [-0.15, -0.1) is 0 Å². The third-order valence-electron chi connectivity index (χ3n) is 3.13. The minimum absolute atomic E-state index is 0.120. The average molecular weight is 329 g/mol. The number of hydrogen-bond donors (Lipinski definition) is 1. The molecule has 0 unspecified atom stereocenters. The van der Waals surface area contributed by atoms with Crippen molar-refractivity contribution >= 4 is 5.97 Å². The highest BCUT2D eigenvalue weighted by Gasteiger charge is 2.37. The third-order valence-corrected chi connectivity index (χ3v) is 3.13. The maximum absolute atomic E-state index is 13.1. The first-order chi connectivity index (χ1) is 10.6. The molecule has 1 aromatic carbocycles. The maximum atomic E-state index is 13.1. The molecule has 0 radical (unpaired) electrons. The highest BCUT2D eigenvalue weighted by atomic mass is 19.4. The summed E-state index contributed by atoms with van der Waals surface area (Å²) in [6, 6.07) is 3.50. The fraction of sp³-hybridized carbons (Fsp3) is 0.200. The van der Waals surface area contributed by atoms with Gasteiger partial charge in [0.05, 0.1) is 6.20 Å². The van der Waals surface area contributed by atoms with E-state index in [0.29, 0.717) is 11.8 Å². The van der Waals surface area contributed by atoms with Gasteiger partial charge < -0.3 is 9.84 Å². The molecule has 0 aliphatic heterocycles. The Bertz CT molecular complexity index is 772. The second-order valence-electron chi connectivity index (χ2n) is 4.79. The lowest BCUT2D eigenvalue weighted by Gasteiger charge is -2.15. The molecule has 8 heteroatoms. The molecule has 4 nitrogen and oxygen atoms in total. The quantitative estimate of drug-likeness (QED) is 0.851. The molecule has 0 saturated carbocycles. The van der Waals surface area contributed by atoms with Gasteiger partial charge in [-0.25, -0.2) is 14.2 Å². The monoisotopic (exact) mass is 329 g/mol. The Balaban J connectivity index is 2.55. The van der Waals surface area contributed by atoms with Crippen LogP contribution in [0.3, 0.4) is 0 Å². The number of nitrogens with zero attached hydrogens (tertiary/aromatic N) is 1. The predicted octanol–water partition coefficient (Wildman–Crippen LogP) is 4.35. The Morgan fingerprint density at radius 1 is 1.22 bits per heavy atom. The molecule has 1 aromatic heterocycles. The maximum Gasteiger partial charge on any atom is 0.433 e. The van der Waals surface area contributed by atoms with Crippen molar-refractivity contribution in [1.29, 1.82) is 0 Å². The smallest absolute Gasteiger partial charge is 0.433 e. The van der Waals surface area contributed by atoms with Gasteiger partial charge in [-0.3, -0.25) is 0 Å². The Morgan fingerprint density at radius 2 is 1.87 bits per heavy atom. The molecule has 1 heterocycles. The first-order valence-corrected chi connectivity index (χ1v) is 6.35. The number of alkyl halides is 3. The Kier molecular flexibility index (Phi) is 4.26. The van der Waals surface area contributed by atoms with Crippen molar-refractivity contribution in [3.63, 3.8) is 0 Å². The molecule has 0 fully saturated rings. The van der Waals surface area contributed by atoms with Crippen LogP contribution in [0.5, 0.6) is 11.5 Å². The van der Waals surface area contributed by atoms with Gasteiger partial charge in [0.15, 0.2) is 5.75 Å². The molecule has 23 heavy (non-hydrogen) atoms. The van der Waals surface area contributed by atoms with Crippen molar-refractivity contribution in [3.8, 4) is 11.5 Å². The summed E-state index contributed by atoms with van der Waals surface area (Å²) in [5.41, 5.74) is -2.13. The molecule has 0 spiro atoms. The van der Waals surface area contributed by atoms with Gasteiger partial charge in [-0.2, -0.15) is 13.2 Å². The highest BCUT2D eigenvalue weighted by molar-refractivity contribution is 5.92. The number of aromatic carboxylic acids is 1. The van der Waals surface area contributed by atoms with Crippen molar-refractivity contribution in [2.45, 2.75) is 20.0 Å². The van der Waals surface area contributed by atoms with Crippen LogP contribution in [-0.4, -0.2) is 16.1 Å². The molecule has 2 aromatic rings. The number of carboxylic acid groups (broad SMARTS) is 1. The van der Waals surface area contributed by atoms with Crippen molar-refractivity contribution < 1.29 is 32.2 Å². The molecule has 122 valence electrons. The number of halogens is 4. The van der Waals surface area contributed by atoms with Crippen LogP contribution in [0.25, 0.3) is 0 Å². The van der Waals surface area contributed by atoms with Crippen molar-refractivity contribution in [2.75, 3.05) is 0 Å². The predicted molar refractivity (Wildman–Crippen MR) is 72.1 cm³/mol. The standard InChI is InChI=1S/C15H11F4NO3/c1-7-5-9(16)3-4-10(7)23-11-6-20-13(15(17,18)19)8(2)12(11)14(21)22/h3-6H,1-2H3,(H,21,22). The number of carbonyl (C=O) groups is 1. The van der Waals surface area contributed by atoms with Gasteiger partial charge in [-0.05, 0) is 43.2 Å². The number of carboxylic acids is 1. The zero-order valence-corrected chi connectivity index (χ0v) is 12.0. The molecule has 0 atom stereocenters. The van der Waals surface area contributed by atoms with Crippen LogP contribution in [0, 0.1) is 19.7 Å². The lowest BCUT2D eigenvalue weighted by atomic mass is 10.1. The summed E-state index contributed by atoms with van der Waals surface area (Å²) in [5.74, 6) is -2.33. The number of pyridine rings is 1. The van der Waals surface area contributed by atoms with Crippen LogP contribution in [0.15, 0.2) is 24.4 Å². The number of rotatable bonds is 3. The largest absolute Gasteiger partial charge is 0.478 e. The summed E-state index contributed by atoms with van der Waals surface area (Å²) in [6.07, 6.45) is -4.08. The molecular formula is C15H11F4NO3. The molecule has 0 aliphatic rings. The lowest BCUT2D eigenvalue weighted by Crippen LogP contribution is -2.15. The Morgan fingerprint density at radius 3 is 2.39 bits per heavy atom. The fourth-order valence-electron chi connectivity index (χ4n) is 2.06. The van der Waals surface area contributed by atoms with Gasteiger partial charge >= 0.3 is 12.1 Å². The molecule has 0 saturated heterocycles. The van der Waals surface area contributed by atoms with E-state index in [1.165, 1.54) is 13.0 Å². The van der Waals surface area contributed by atoms with Crippen LogP contribution >= 0.6 is 0 Å². The summed E-state index contributed by atoms with van der Waals surface area (Å²) >= 11 is 0. The number of benzene rings is 1. The van der Waals surface area contributed by atoms with E-state index in [0.717, 1.165) is 19.1 Å². The van der Waals surface area contributed by atoms with E-state index in [2.05, 4.69) is 4.98 Å². The summed E-state index contributed by atoms with van der Waals surface area (Å²) in [5, 5.41) is 9.19. The number of ether oxygens (including phenoxy) is 1. The van der Waals surface area contributed by atoms with Gasteiger partial charge in [0.2, 0.25) is 0 Å². The lowest BCUT2D eigenvalue weighted by molar-refractivity contribution is -0.141. The molecule has 2 rings (SSSR count). The van der Waals surface area contributed by atoms with Gasteiger partial charge in [0.25, 0.3) is 0 Å². The van der Waals surface area contributed by atoms with E-state index in [1.54, 1.807) is 0 Å². The average Bonchev–Trinajstić information content (AvgIpc) is 2.40. The van der Waals surface area contributed by atoms with Crippen molar-refractivity contribution in [2.24, 2.45) is 0 Å². The number of aryl methyl sites for hydroxylation is 1. The van der Waals surface area contributed by atoms with Crippen LogP contribution in [0.2, 0.25) is 0 Å². The van der Waals surface area contributed by atoms with Crippen LogP contribution in [0.4, 0.5) is 17.6 Å². The minimum Gasteiger partial charge on any atom is -0.478 e. The zero-order chi connectivity index (χ0) is 17.4. The molecule has 1 N–H and O–H groups in total. The SMILES string of the molecule is Cc1cc(F)ccc1Oc1cnc(C(F)(F)F)c(C)c1C(=O)O. The van der Waals surface area contributed by atoms with E-state index in [-0.39, 0.29) is 11.5 Å². The van der Waals surface area contributed by atoms with E-state index >= 15 is 0 Å². The van der Waals surface area contributed by atoms with Gasteiger partial charge in [0, 0.05) is 0 Å². The fourth-order valence-corrected chi connectivity index (χ4v) is 2.06. The van der Waals surface area contributed by atoms with Crippen LogP contribution < -0.4 is 4.74 Å². The Hall–Kier alpha value is -2.64. The normalized spacial score (nSPS) is 11.4. The van der Waals surface area contributed by atoms with E-state index in [9.17, 15) is 27.5 Å². The molecular weight excluding hydrogens is 318 g/mol. The second kappa shape index (κ2) is 5.86. The topological polar surface area (TPSA) is 59.4 Å². The third kappa shape index (κ3) is 3.41. The first kappa shape index (κ1) is 16.7. The summed E-state index contributed by atoms with van der Waals surface area (Å²) in [7, 11) is 0. The van der Waals surface area contributed by atoms with Crippen molar-refractivity contribution in [3.05, 3.63) is 52.6 Å². The van der Waals surface area contributed by atoms with Gasteiger partial charge in [0.1, 0.15) is 22.8 Å². The highest BCUT2D eigenvalue weighted by Crippen LogP contribution is 2.36. The molecule has 0 bridgehead atoms. The first-order valence-electron chi connectivity index (χ1n) is 6.35.